The van der Waals surface area contributed by atoms with Gasteiger partial charge in [0, 0.05) is 12.1 Å². The highest BCUT2D eigenvalue weighted by atomic mass is 79.9. The molecular weight excluding hydrogens is 348 g/mol. The van der Waals surface area contributed by atoms with E-state index in [1.807, 2.05) is 12.1 Å². The van der Waals surface area contributed by atoms with Gasteiger partial charge in [-0.05, 0) is 11.3 Å². The molecule has 0 fully saturated rings. The van der Waals surface area contributed by atoms with Gasteiger partial charge in [0.1, 0.15) is 18.7 Å². The van der Waals surface area contributed by atoms with Gasteiger partial charge >= 0.3 is 11.1 Å². The molecule has 2 aromatic rings. The van der Waals surface area contributed by atoms with Crippen molar-refractivity contribution >= 4 is 32.7 Å². The van der Waals surface area contributed by atoms with Gasteiger partial charge < -0.3 is 31.2 Å². The Hall–Kier alpha value is -1.54. The first-order chi connectivity index (χ1) is 9.19. The molecule has 0 unspecified atom stereocenters. The first kappa shape index (κ1) is 14.9. The molecule has 1 aliphatic rings. The van der Waals surface area contributed by atoms with Crippen molar-refractivity contribution < 1.29 is 40.6 Å². The van der Waals surface area contributed by atoms with Crippen LogP contribution in [-0.2, 0) is 16.1 Å². The van der Waals surface area contributed by atoms with E-state index in [9.17, 15) is 4.79 Å². The van der Waals surface area contributed by atoms with Crippen molar-refractivity contribution in [3.8, 4) is 11.5 Å². The Bertz CT molecular complexity index is 658. The predicted octanol–water partition coefficient (Wildman–Crippen LogP) is -2.28. The van der Waals surface area contributed by atoms with Gasteiger partial charge in [-0.3, -0.25) is 5.73 Å². The number of fused-ring (bicyclic) bond motifs is 2. The van der Waals surface area contributed by atoms with Crippen molar-refractivity contribution in [2.75, 3.05) is 26.1 Å². The number of carbonyl (C=O) groups excluding carboxylic acids is 1. The second-order valence-electron chi connectivity index (χ2n) is 4.07. The van der Waals surface area contributed by atoms with Crippen molar-refractivity contribution in [2.45, 2.75) is 6.54 Å². The van der Waals surface area contributed by atoms with Gasteiger partial charge in [-0.25, -0.2) is 9.36 Å². The minimum absolute atomic E-state index is 0. The molecule has 1 aliphatic heterocycles. The summed E-state index contributed by atoms with van der Waals surface area (Å²) in [6.45, 7) is 1.15. The van der Waals surface area contributed by atoms with Crippen molar-refractivity contribution in [3.63, 3.8) is 0 Å². The lowest BCUT2D eigenvalue weighted by Crippen LogP contribution is -3.00. The maximum Gasteiger partial charge on any atom is 0.348 e. The third-order valence-electron chi connectivity index (χ3n) is 2.91. The number of hydrogen-bond acceptors (Lipinski definition) is 6. The second-order valence-corrected chi connectivity index (χ2v) is 5.13. The molecule has 0 radical (unpaired) electrons. The number of rotatable bonds is 2. The molecule has 2 heterocycles. The van der Waals surface area contributed by atoms with Crippen LogP contribution in [-0.4, -0.2) is 26.3 Å². The second kappa shape index (κ2) is 5.84. The zero-order valence-corrected chi connectivity index (χ0v) is 13.1. The van der Waals surface area contributed by atoms with E-state index in [0.29, 0.717) is 29.8 Å². The first-order valence-electron chi connectivity index (χ1n) is 5.77. The maximum absolute atomic E-state index is 11.4. The highest BCUT2D eigenvalue weighted by Crippen LogP contribution is 2.36. The van der Waals surface area contributed by atoms with Gasteiger partial charge in [-0.2, -0.15) is 0 Å². The Balaban J connectivity index is 0.00000147. The Kier molecular flexibility index (Phi) is 4.34. The Labute approximate surface area is 129 Å². The number of esters is 1. The smallest absolute Gasteiger partial charge is 0.348 e. The standard InChI is InChI=1S/C12H12N2O4S.BrH/c1-16-11(15)6-14-7-4-8-9(18-3-2-17-8)5-10(7)19-12(14)13;/h4-5,13H,2-3,6H2,1H3;1H. The Morgan fingerprint density at radius 2 is 2.05 bits per heavy atom. The molecule has 2 N–H and O–H groups in total. The third-order valence-corrected chi connectivity index (χ3v) is 3.89. The molecule has 0 bridgehead atoms. The number of nitrogens with zero attached hydrogens (tertiary/aromatic N) is 1. The van der Waals surface area contributed by atoms with Crippen molar-refractivity contribution in [2.24, 2.45) is 0 Å². The van der Waals surface area contributed by atoms with Crippen molar-refractivity contribution in [1.29, 1.82) is 0 Å². The largest absolute Gasteiger partial charge is 1.00 e. The summed E-state index contributed by atoms with van der Waals surface area (Å²) in [7, 11) is 1.35. The van der Waals surface area contributed by atoms with E-state index in [1.54, 1.807) is 4.57 Å². The molecule has 8 heteroatoms. The molecular formula is C12H13BrN2O4S. The van der Waals surface area contributed by atoms with Gasteiger partial charge in [-0.15, -0.1) is 0 Å². The van der Waals surface area contributed by atoms with Crippen LogP contribution in [0.1, 0.15) is 0 Å². The third kappa shape index (κ3) is 2.53. The van der Waals surface area contributed by atoms with E-state index in [2.05, 4.69) is 4.74 Å². The molecule has 0 amide bonds. The zero-order valence-electron chi connectivity index (χ0n) is 10.7. The lowest BCUT2D eigenvalue weighted by Gasteiger charge is -2.17. The van der Waals surface area contributed by atoms with E-state index < -0.39 is 0 Å². The first-order valence-corrected chi connectivity index (χ1v) is 6.59. The molecule has 0 aliphatic carbocycles. The molecule has 20 heavy (non-hydrogen) atoms. The van der Waals surface area contributed by atoms with Gasteiger partial charge in [0.15, 0.2) is 18.0 Å². The summed E-state index contributed by atoms with van der Waals surface area (Å²) in [5.41, 5.74) is 6.79. The van der Waals surface area contributed by atoms with E-state index in [-0.39, 0.29) is 29.5 Å². The molecule has 0 spiro atoms. The quantitative estimate of drug-likeness (QED) is 0.482. The van der Waals surface area contributed by atoms with Crippen LogP contribution in [0.15, 0.2) is 12.1 Å². The topological polar surface area (TPSA) is 74.7 Å². The molecule has 6 nitrogen and oxygen atoms in total. The monoisotopic (exact) mass is 360 g/mol. The number of nitrogen functional groups attached to an aromatic ring is 1. The fourth-order valence-corrected chi connectivity index (χ4v) is 2.93. The minimum Gasteiger partial charge on any atom is -1.00 e. The van der Waals surface area contributed by atoms with Crippen LogP contribution in [0, 0.1) is 0 Å². The van der Waals surface area contributed by atoms with E-state index in [1.165, 1.54) is 18.4 Å². The molecule has 1 aromatic carbocycles. The molecule has 0 saturated carbocycles. The number of thiazole rings is 1. The molecule has 0 atom stereocenters. The Morgan fingerprint density at radius 1 is 1.40 bits per heavy atom. The van der Waals surface area contributed by atoms with Crippen LogP contribution in [0.25, 0.3) is 10.2 Å². The fraction of sp³-hybridized carbons (Fsp3) is 0.333. The van der Waals surface area contributed by atoms with Gasteiger partial charge in [-0.1, -0.05) is 0 Å². The average Bonchev–Trinajstić information content (AvgIpc) is 2.72. The number of halogens is 1. The van der Waals surface area contributed by atoms with Crippen molar-refractivity contribution in [3.05, 3.63) is 12.1 Å². The van der Waals surface area contributed by atoms with Crippen LogP contribution in [0.2, 0.25) is 0 Å². The van der Waals surface area contributed by atoms with Crippen LogP contribution in [0.3, 0.4) is 0 Å². The number of carbonyl (C=O) groups is 1. The van der Waals surface area contributed by atoms with Crippen LogP contribution in [0.4, 0.5) is 5.13 Å². The molecule has 0 saturated heterocycles. The van der Waals surface area contributed by atoms with E-state index >= 15 is 0 Å². The molecule has 108 valence electrons. The van der Waals surface area contributed by atoms with Crippen LogP contribution >= 0.6 is 11.3 Å². The van der Waals surface area contributed by atoms with Crippen LogP contribution < -0.4 is 36.8 Å². The summed E-state index contributed by atoms with van der Waals surface area (Å²) in [6, 6.07) is 3.73. The fourth-order valence-electron chi connectivity index (χ4n) is 2.00. The highest BCUT2D eigenvalue weighted by Gasteiger charge is 2.22. The lowest BCUT2D eigenvalue weighted by atomic mass is 10.2. The van der Waals surface area contributed by atoms with Gasteiger partial charge in [0.05, 0.1) is 11.8 Å². The summed E-state index contributed by atoms with van der Waals surface area (Å²) < 4.78 is 18.4. The normalized spacial score (nSPS) is 12.8. The SMILES string of the molecule is COC(=O)C[n+]1c(N)sc2cc3c(cc21)OCCO3.[Br-]. The summed E-state index contributed by atoms with van der Waals surface area (Å²) >= 11 is 1.40. The number of methoxy groups -OCH3 is 1. The van der Waals surface area contributed by atoms with Gasteiger partial charge in [0.25, 0.3) is 0 Å². The number of nitrogens with two attached hydrogens (primary N) is 1. The van der Waals surface area contributed by atoms with E-state index in [4.69, 9.17) is 15.2 Å². The van der Waals surface area contributed by atoms with Crippen molar-refractivity contribution in [1.82, 2.24) is 0 Å². The predicted molar refractivity (Wildman–Crippen MR) is 69.4 cm³/mol. The summed E-state index contributed by atoms with van der Waals surface area (Å²) in [6.07, 6.45) is 0. The lowest BCUT2D eigenvalue weighted by molar-refractivity contribution is -0.641. The number of benzene rings is 1. The average molecular weight is 361 g/mol. The summed E-state index contributed by atoms with van der Waals surface area (Å²) in [5, 5.41) is 0.544. The number of hydrogen-bond donors (Lipinski definition) is 1. The zero-order chi connectivity index (χ0) is 13.4. The number of aromatic nitrogens is 1. The highest BCUT2D eigenvalue weighted by molar-refractivity contribution is 7.21. The Morgan fingerprint density at radius 3 is 2.70 bits per heavy atom. The minimum atomic E-state index is -0.341. The maximum atomic E-state index is 11.4. The number of anilines is 1. The van der Waals surface area contributed by atoms with Crippen LogP contribution in [0.5, 0.6) is 11.5 Å². The van der Waals surface area contributed by atoms with Gasteiger partial charge in [0.2, 0.25) is 0 Å². The molecule has 1 aromatic heterocycles. The van der Waals surface area contributed by atoms with E-state index in [0.717, 1.165) is 10.2 Å². The summed E-state index contributed by atoms with van der Waals surface area (Å²) in [5.74, 6) is 1.05. The molecule has 3 rings (SSSR count). The summed E-state index contributed by atoms with van der Waals surface area (Å²) in [4.78, 5) is 11.4. The number of ether oxygens (including phenoxy) is 3.